The minimum Gasteiger partial charge on any atom is -0.366 e. The lowest BCUT2D eigenvalue weighted by atomic mass is 10.0. The summed E-state index contributed by atoms with van der Waals surface area (Å²) in [6, 6.07) is 7.26. The Morgan fingerprint density at radius 1 is 1.17 bits per heavy atom. The molecule has 3 rings (SSSR count). The van der Waals surface area contributed by atoms with E-state index in [1.165, 1.54) is 12.5 Å². The molecule has 2 heterocycles. The predicted molar refractivity (Wildman–Crippen MR) is 127 cm³/mol. The number of likely N-dealkylation sites (tertiary alicyclic amines) is 1. The van der Waals surface area contributed by atoms with Crippen LogP contribution in [-0.4, -0.2) is 74.0 Å². The zero-order valence-corrected chi connectivity index (χ0v) is 19.8. The van der Waals surface area contributed by atoms with E-state index < -0.39 is 0 Å². The van der Waals surface area contributed by atoms with Crippen LogP contribution < -0.4 is 10.2 Å². The van der Waals surface area contributed by atoms with Crippen LogP contribution in [0.5, 0.6) is 0 Å². The Morgan fingerprint density at radius 2 is 1.90 bits per heavy atom. The number of benzene rings is 1. The van der Waals surface area contributed by atoms with Crippen molar-refractivity contribution in [2.24, 2.45) is 4.99 Å². The molecule has 1 unspecified atom stereocenters. The summed E-state index contributed by atoms with van der Waals surface area (Å²) in [7, 11) is 1.76. The number of carbonyl (C=O) groups is 1. The van der Waals surface area contributed by atoms with Gasteiger partial charge < -0.3 is 20.0 Å². The van der Waals surface area contributed by atoms with E-state index in [0.29, 0.717) is 24.7 Å². The van der Waals surface area contributed by atoms with Gasteiger partial charge in [-0.1, -0.05) is 12.1 Å². The lowest BCUT2D eigenvalue weighted by Gasteiger charge is -2.38. The molecule has 1 atom stereocenters. The third kappa shape index (κ3) is 6.20. The molecule has 162 valence electrons. The number of nitrogens with zero attached hydrogens (tertiary/aromatic N) is 4. The van der Waals surface area contributed by atoms with Crippen LogP contribution in [0.1, 0.15) is 32.6 Å². The minimum atomic E-state index is -0.177. The topological polar surface area (TPSA) is 51.2 Å². The number of hydrogen-bond acceptors (Lipinski definition) is 3. The van der Waals surface area contributed by atoms with Gasteiger partial charge in [0.05, 0.1) is 5.69 Å². The van der Waals surface area contributed by atoms with Crippen LogP contribution in [0, 0.1) is 5.82 Å². The molecule has 2 aliphatic rings. The summed E-state index contributed by atoms with van der Waals surface area (Å²) in [4.78, 5) is 23.1. The Bertz CT molecular complexity index is 693. The fourth-order valence-corrected chi connectivity index (χ4v) is 4.09. The monoisotopic (exact) mass is 517 g/mol. The normalized spacial score (nSPS) is 20.3. The summed E-state index contributed by atoms with van der Waals surface area (Å²) in [6.07, 6.45) is 3.91. The van der Waals surface area contributed by atoms with Gasteiger partial charge in [-0.2, -0.15) is 0 Å². The lowest BCUT2D eigenvalue weighted by molar-refractivity contribution is -0.134. The number of hydrogen-bond donors (Lipinski definition) is 1. The second kappa shape index (κ2) is 11.6. The average molecular weight is 517 g/mol. The van der Waals surface area contributed by atoms with E-state index >= 15 is 0 Å². The maximum absolute atomic E-state index is 14.0. The van der Waals surface area contributed by atoms with Crippen LogP contribution in [0.4, 0.5) is 10.1 Å². The number of guanidine groups is 1. The Hall–Kier alpha value is -1.58. The molecule has 1 N–H and O–H groups in total. The second-order valence-electron chi connectivity index (χ2n) is 7.58. The van der Waals surface area contributed by atoms with Crippen molar-refractivity contribution in [3.8, 4) is 0 Å². The van der Waals surface area contributed by atoms with Crippen LogP contribution >= 0.6 is 24.0 Å². The van der Waals surface area contributed by atoms with Gasteiger partial charge in [-0.25, -0.2) is 4.39 Å². The molecule has 2 aliphatic heterocycles. The number of piperidine rings is 1. The fraction of sp³-hybridized carbons (Fsp3) is 0.619. The number of rotatable bonds is 4. The number of anilines is 1. The summed E-state index contributed by atoms with van der Waals surface area (Å²) in [5.74, 6) is 0.858. The van der Waals surface area contributed by atoms with Gasteiger partial charge >= 0.3 is 0 Å². The van der Waals surface area contributed by atoms with E-state index in [-0.39, 0.29) is 35.7 Å². The molecule has 0 bridgehead atoms. The molecule has 0 aliphatic carbocycles. The number of piperazine rings is 1. The number of aliphatic imine (C=N–C) groups is 1. The first-order chi connectivity index (χ1) is 13.6. The first-order valence-electron chi connectivity index (χ1n) is 10.3. The van der Waals surface area contributed by atoms with Crippen molar-refractivity contribution in [3.05, 3.63) is 30.1 Å². The number of halogens is 2. The van der Waals surface area contributed by atoms with Gasteiger partial charge in [0.2, 0.25) is 5.91 Å². The van der Waals surface area contributed by atoms with Crippen molar-refractivity contribution in [2.45, 2.75) is 38.6 Å². The van der Waals surface area contributed by atoms with Crippen LogP contribution in [0.15, 0.2) is 29.3 Å². The number of amides is 1. The molecule has 0 spiro atoms. The Labute approximate surface area is 190 Å². The van der Waals surface area contributed by atoms with Crippen molar-refractivity contribution in [1.82, 2.24) is 15.1 Å². The molecular formula is C21H33FIN5O. The standard InChI is InChI=1S/C21H32FN5O.HI/c1-17-7-5-6-12-27(17)20(28)10-11-24-21(23-2)26-15-13-25(14-16-26)19-9-4-3-8-18(19)22;/h3-4,8-9,17H,5-7,10-16H2,1-2H3,(H,23,24);1H. The third-order valence-corrected chi connectivity index (χ3v) is 5.73. The smallest absolute Gasteiger partial charge is 0.224 e. The van der Waals surface area contributed by atoms with Gasteiger partial charge in [0.25, 0.3) is 0 Å². The highest BCUT2D eigenvalue weighted by molar-refractivity contribution is 14.0. The molecule has 29 heavy (non-hydrogen) atoms. The maximum Gasteiger partial charge on any atom is 0.224 e. The predicted octanol–water partition coefficient (Wildman–Crippen LogP) is 2.93. The van der Waals surface area contributed by atoms with E-state index in [2.05, 4.69) is 27.0 Å². The molecule has 0 saturated carbocycles. The molecule has 1 aromatic rings. The van der Waals surface area contributed by atoms with E-state index in [4.69, 9.17) is 0 Å². The summed E-state index contributed by atoms with van der Waals surface area (Å²) in [6.45, 7) is 6.63. The van der Waals surface area contributed by atoms with E-state index in [1.807, 2.05) is 17.0 Å². The first-order valence-corrected chi connectivity index (χ1v) is 10.3. The highest BCUT2D eigenvalue weighted by Gasteiger charge is 2.24. The molecule has 8 heteroatoms. The largest absolute Gasteiger partial charge is 0.366 e. The van der Waals surface area contributed by atoms with Crippen molar-refractivity contribution in [1.29, 1.82) is 0 Å². The Balaban J connectivity index is 0.00000300. The highest BCUT2D eigenvalue weighted by Crippen LogP contribution is 2.20. The van der Waals surface area contributed by atoms with Crippen LogP contribution in [-0.2, 0) is 4.79 Å². The summed E-state index contributed by atoms with van der Waals surface area (Å²) in [5.41, 5.74) is 0.659. The van der Waals surface area contributed by atoms with Crippen LogP contribution in [0.25, 0.3) is 0 Å². The van der Waals surface area contributed by atoms with E-state index in [9.17, 15) is 9.18 Å². The number of para-hydroxylation sites is 1. The fourth-order valence-electron chi connectivity index (χ4n) is 4.09. The van der Waals surface area contributed by atoms with Gasteiger partial charge in [-0.3, -0.25) is 9.79 Å². The minimum absolute atomic E-state index is 0. The molecular weight excluding hydrogens is 484 g/mol. The van der Waals surface area contributed by atoms with E-state index in [1.54, 1.807) is 13.1 Å². The van der Waals surface area contributed by atoms with E-state index in [0.717, 1.165) is 51.5 Å². The molecule has 6 nitrogen and oxygen atoms in total. The van der Waals surface area contributed by atoms with Crippen molar-refractivity contribution >= 4 is 41.5 Å². The van der Waals surface area contributed by atoms with Crippen LogP contribution in [0.3, 0.4) is 0 Å². The molecule has 2 fully saturated rings. The molecule has 2 saturated heterocycles. The Morgan fingerprint density at radius 3 is 2.55 bits per heavy atom. The van der Waals surface area contributed by atoms with Crippen molar-refractivity contribution in [2.75, 3.05) is 51.2 Å². The third-order valence-electron chi connectivity index (χ3n) is 5.73. The average Bonchev–Trinajstić information content (AvgIpc) is 2.72. The van der Waals surface area contributed by atoms with Crippen LogP contribution in [0.2, 0.25) is 0 Å². The SMILES string of the molecule is CN=C(NCCC(=O)N1CCCCC1C)N1CCN(c2ccccc2F)CC1.I. The molecule has 0 aromatic heterocycles. The molecule has 1 amide bonds. The number of carbonyl (C=O) groups excluding carboxylic acids is 1. The summed E-state index contributed by atoms with van der Waals surface area (Å²) >= 11 is 0. The van der Waals surface area contributed by atoms with Gasteiger partial charge in [0, 0.05) is 58.8 Å². The van der Waals surface area contributed by atoms with Gasteiger partial charge in [0.1, 0.15) is 5.82 Å². The van der Waals surface area contributed by atoms with Crippen molar-refractivity contribution in [3.63, 3.8) is 0 Å². The molecule has 1 aromatic carbocycles. The first kappa shape index (κ1) is 23.7. The van der Waals surface area contributed by atoms with Gasteiger partial charge in [-0.05, 0) is 38.3 Å². The summed E-state index contributed by atoms with van der Waals surface area (Å²) in [5, 5.41) is 3.33. The highest BCUT2D eigenvalue weighted by atomic mass is 127. The molecule has 0 radical (unpaired) electrons. The Kier molecular flexibility index (Phi) is 9.45. The number of nitrogens with one attached hydrogen (secondary N) is 1. The van der Waals surface area contributed by atoms with Crippen molar-refractivity contribution < 1.29 is 9.18 Å². The van der Waals surface area contributed by atoms with Gasteiger partial charge in [0.15, 0.2) is 5.96 Å². The second-order valence-corrected chi connectivity index (χ2v) is 7.58. The van der Waals surface area contributed by atoms with Gasteiger partial charge in [-0.15, -0.1) is 24.0 Å². The lowest BCUT2D eigenvalue weighted by Crippen LogP contribution is -2.53. The quantitative estimate of drug-likeness (QED) is 0.379. The summed E-state index contributed by atoms with van der Waals surface area (Å²) < 4.78 is 14.0. The maximum atomic E-state index is 14.0. The zero-order chi connectivity index (χ0) is 19.9. The zero-order valence-electron chi connectivity index (χ0n) is 17.4.